The number of rotatable bonds is 6. The molecule has 0 aromatic carbocycles. The monoisotopic (exact) mass is 354 g/mol. The summed E-state index contributed by atoms with van der Waals surface area (Å²) in [5.41, 5.74) is 2.86. The summed E-state index contributed by atoms with van der Waals surface area (Å²) in [5.74, 6) is 2.18. The van der Waals surface area contributed by atoms with E-state index in [0.717, 1.165) is 46.1 Å². The van der Waals surface area contributed by atoms with E-state index in [2.05, 4.69) is 52.0 Å². The molecular formula is C14H19BrN4S. The third-order valence-corrected chi connectivity index (χ3v) is 4.32. The molecule has 0 atom stereocenters. The Kier molecular flexibility index (Phi) is 5.48. The largest absolute Gasteiger partial charge is 0.369 e. The van der Waals surface area contributed by atoms with Crippen LogP contribution in [0, 0.1) is 5.92 Å². The van der Waals surface area contributed by atoms with E-state index in [1.54, 1.807) is 11.3 Å². The van der Waals surface area contributed by atoms with Crippen LogP contribution in [0.1, 0.15) is 32.9 Å². The summed E-state index contributed by atoms with van der Waals surface area (Å²) in [6.07, 6.45) is 3.80. The number of aromatic nitrogens is 3. The summed E-state index contributed by atoms with van der Waals surface area (Å²) in [6.45, 7) is 7.43. The third kappa shape index (κ3) is 3.76. The van der Waals surface area contributed by atoms with E-state index < -0.39 is 0 Å². The first kappa shape index (κ1) is 15.4. The van der Waals surface area contributed by atoms with Gasteiger partial charge in [0.05, 0.1) is 20.6 Å². The van der Waals surface area contributed by atoms with Crippen LogP contribution in [0.2, 0.25) is 0 Å². The molecule has 0 aliphatic heterocycles. The SMILES string of the molecule is CCCNc1nc(-c2cncs2)nc(CC(C)C)c1Br. The van der Waals surface area contributed by atoms with E-state index in [1.807, 2.05) is 11.7 Å². The zero-order chi connectivity index (χ0) is 14.5. The van der Waals surface area contributed by atoms with Gasteiger partial charge in [0.25, 0.3) is 0 Å². The Bertz CT molecular complexity index is 555. The Balaban J connectivity index is 2.42. The number of halogens is 1. The lowest BCUT2D eigenvalue weighted by molar-refractivity contribution is 0.632. The minimum Gasteiger partial charge on any atom is -0.369 e. The quantitative estimate of drug-likeness (QED) is 0.835. The van der Waals surface area contributed by atoms with Crippen molar-refractivity contribution >= 4 is 33.1 Å². The summed E-state index contributed by atoms with van der Waals surface area (Å²) in [7, 11) is 0. The summed E-state index contributed by atoms with van der Waals surface area (Å²) < 4.78 is 0.980. The summed E-state index contributed by atoms with van der Waals surface area (Å²) in [4.78, 5) is 14.4. The van der Waals surface area contributed by atoms with Crippen molar-refractivity contribution in [1.29, 1.82) is 0 Å². The van der Waals surface area contributed by atoms with Gasteiger partial charge in [-0.3, -0.25) is 4.98 Å². The van der Waals surface area contributed by atoms with Crippen LogP contribution < -0.4 is 5.32 Å². The highest BCUT2D eigenvalue weighted by Crippen LogP contribution is 2.29. The van der Waals surface area contributed by atoms with Gasteiger partial charge < -0.3 is 5.32 Å². The minimum absolute atomic E-state index is 0.550. The second-order valence-corrected chi connectivity index (χ2v) is 6.73. The minimum atomic E-state index is 0.550. The van der Waals surface area contributed by atoms with Gasteiger partial charge in [-0.15, -0.1) is 11.3 Å². The van der Waals surface area contributed by atoms with Crippen molar-refractivity contribution in [2.75, 3.05) is 11.9 Å². The molecule has 0 unspecified atom stereocenters. The molecule has 2 rings (SSSR count). The molecule has 2 aromatic heterocycles. The molecule has 0 amide bonds. The van der Waals surface area contributed by atoms with Gasteiger partial charge in [0.2, 0.25) is 0 Å². The van der Waals surface area contributed by atoms with Crippen molar-refractivity contribution < 1.29 is 0 Å². The van der Waals surface area contributed by atoms with Crippen LogP contribution in [0.3, 0.4) is 0 Å². The number of hydrogen-bond donors (Lipinski definition) is 1. The highest BCUT2D eigenvalue weighted by Gasteiger charge is 2.15. The number of anilines is 1. The Morgan fingerprint density at radius 2 is 2.15 bits per heavy atom. The first-order chi connectivity index (χ1) is 9.61. The molecule has 1 N–H and O–H groups in total. The lowest BCUT2D eigenvalue weighted by atomic mass is 10.1. The van der Waals surface area contributed by atoms with E-state index >= 15 is 0 Å². The number of nitrogens with one attached hydrogen (secondary N) is 1. The van der Waals surface area contributed by atoms with Crippen LogP contribution in [0.15, 0.2) is 16.2 Å². The fourth-order valence-corrected chi connectivity index (χ4v) is 2.85. The van der Waals surface area contributed by atoms with E-state index in [1.165, 1.54) is 0 Å². The van der Waals surface area contributed by atoms with E-state index in [4.69, 9.17) is 4.98 Å². The molecule has 0 aliphatic carbocycles. The average molecular weight is 355 g/mol. The van der Waals surface area contributed by atoms with E-state index in [0.29, 0.717) is 5.92 Å². The van der Waals surface area contributed by atoms with Crippen molar-refractivity contribution in [3.05, 3.63) is 21.9 Å². The fourth-order valence-electron chi connectivity index (χ4n) is 1.81. The standard InChI is InChI=1S/C14H19BrN4S/c1-4-5-17-14-12(15)10(6-9(2)3)18-13(19-14)11-7-16-8-20-11/h7-9H,4-6H2,1-3H3,(H,17,18,19). The maximum Gasteiger partial charge on any atom is 0.173 e. The summed E-state index contributed by atoms with van der Waals surface area (Å²) in [5, 5.41) is 3.36. The van der Waals surface area contributed by atoms with Crippen LogP contribution in [-0.2, 0) is 6.42 Å². The summed E-state index contributed by atoms with van der Waals surface area (Å²) in [6, 6.07) is 0. The molecule has 6 heteroatoms. The van der Waals surface area contributed by atoms with E-state index in [9.17, 15) is 0 Å². The van der Waals surface area contributed by atoms with Crippen LogP contribution in [0.4, 0.5) is 5.82 Å². The van der Waals surface area contributed by atoms with Gasteiger partial charge in [-0.25, -0.2) is 9.97 Å². The Hall–Kier alpha value is -1.01. The normalized spacial score (nSPS) is 11.1. The van der Waals surface area contributed by atoms with Gasteiger partial charge in [0.1, 0.15) is 5.82 Å². The average Bonchev–Trinajstić information content (AvgIpc) is 2.93. The maximum atomic E-state index is 4.70. The fraction of sp³-hybridized carbons (Fsp3) is 0.500. The van der Waals surface area contributed by atoms with Crippen molar-refractivity contribution in [3.63, 3.8) is 0 Å². The van der Waals surface area contributed by atoms with Gasteiger partial charge in [-0.1, -0.05) is 20.8 Å². The lowest BCUT2D eigenvalue weighted by Gasteiger charge is -2.13. The molecule has 2 heterocycles. The Morgan fingerprint density at radius 1 is 1.35 bits per heavy atom. The van der Waals surface area contributed by atoms with Crippen molar-refractivity contribution in [1.82, 2.24) is 15.0 Å². The van der Waals surface area contributed by atoms with Crippen molar-refractivity contribution in [3.8, 4) is 10.7 Å². The van der Waals surface area contributed by atoms with Gasteiger partial charge in [0, 0.05) is 12.7 Å². The molecule has 0 saturated carbocycles. The zero-order valence-electron chi connectivity index (χ0n) is 12.0. The van der Waals surface area contributed by atoms with Crippen molar-refractivity contribution in [2.24, 2.45) is 5.92 Å². The molecular weight excluding hydrogens is 336 g/mol. The lowest BCUT2D eigenvalue weighted by Crippen LogP contribution is -2.08. The molecule has 2 aromatic rings. The van der Waals surface area contributed by atoms with Crippen LogP contribution in [0.25, 0.3) is 10.7 Å². The highest BCUT2D eigenvalue weighted by molar-refractivity contribution is 9.10. The first-order valence-electron chi connectivity index (χ1n) is 6.81. The topological polar surface area (TPSA) is 50.7 Å². The molecule has 0 fully saturated rings. The molecule has 20 heavy (non-hydrogen) atoms. The number of hydrogen-bond acceptors (Lipinski definition) is 5. The van der Waals surface area contributed by atoms with Gasteiger partial charge >= 0.3 is 0 Å². The molecule has 4 nitrogen and oxygen atoms in total. The van der Waals surface area contributed by atoms with Crippen molar-refractivity contribution in [2.45, 2.75) is 33.6 Å². The second-order valence-electron chi connectivity index (χ2n) is 5.05. The van der Waals surface area contributed by atoms with Crippen LogP contribution in [-0.4, -0.2) is 21.5 Å². The predicted molar refractivity (Wildman–Crippen MR) is 88.2 cm³/mol. The molecule has 0 aliphatic rings. The molecule has 0 bridgehead atoms. The van der Waals surface area contributed by atoms with Crippen LogP contribution in [0.5, 0.6) is 0 Å². The maximum absolute atomic E-state index is 4.70. The van der Waals surface area contributed by atoms with Gasteiger partial charge in [0.15, 0.2) is 5.82 Å². The van der Waals surface area contributed by atoms with Gasteiger partial charge in [-0.05, 0) is 34.7 Å². The first-order valence-corrected chi connectivity index (χ1v) is 8.48. The number of nitrogens with zero attached hydrogens (tertiary/aromatic N) is 3. The molecule has 108 valence electrons. The Labute approximate surface area is 132 Å². The Morgan fingerprint density at radius 3 is 2.75 bits per heavy atom. The third-order valence-electron chi connectivity index (χ3n) is 2.72. The molecule has 0 saturated heterocycles. The van der Waals surface area contributed by atoms with E-state index in [-0.39, 0.29) is 0 Å². The predicted octanol–water partition coefficient (Wildman–Crippen LogP) is 4.38. The molecule has 0 radical (unpaired) electrons. The molecule has 0 spiro atoms. The number of thiazole rings is 1. The zero-order valence-corrected chi connectivity index (χ0v) is 14.4. The summed E-state index contributed by atoms with van der Waals surface area (Å²) >= 11 is 5.20. The van der Waals surface area contributed by atoms with Gasteiger partial charge in [-0.2, -0.15) is 0 Å². The smallest absolute Gasteiger partial charge is 0.173 e. The highest BCUT2D eigenvalue weighted by atomic mass is 79.9. The van der Waals surface area contributed by atoms with Crippen LogP contribution >= 0.6 is 27.3 Å². The second kappa shape index (κ2) is 7.13.